The minimum atomic E-state index is 0.621. The van der Waals surface area contributed by atoms with Gasteiger partial charge in [-0.25, -0.2) is 0 Å². The molecule has 0 unspecified atom stereocenters. The summed E-state index contributed by atoms with van der Waals surface area (Å²) in [5.41, 5.74) is 9.23. The molecule has 2 heterocycles. The van der Waals surface area contributed by atoms with Crippen LogP contribution in [-0.2, 0) is 0 Å². The second-order valence-corrected chi connectivity index (χ2v) is 2.99. The Bertz CT molecular complexity index is 410. The molecule has 0 aliphatic heterocycles. The molecular weight excluding hydrogens is 176 g/mol. The molecule has 70 valence electrons. The van der Waals surface area contributed by atoms with Gasteiger partial charge in [-0.2, -0.15) is 10.2 Å². The molecule has 2 rings (SSSR count). The Hall–Kier alpha value is -1.97. The fourth-order valence-corrected chi connectivity index (χ4v) is 1.32. The Morgan fingerprint density at radius 3 is 2.64 bits per heavy atom. The van der Waals surface area contributed by atoms with Crippen molar-refractivity contribution in [2.75, 3.05) is 5.73 Å². The molecule has 4 heteroatoms. The third kappa shape index (κ3) is 1.42. The standard InChI is InChI=1S/C10H10N4/c1-7-8(3-2-4-12-7)9-5-13-14-6-10(9)11/h2-6H,1H3,(H2,11,13). The molecular formula is C10H10N4. The van der Waals surface area contributed by atoms with Crippen LogP contribution in [0.5, 0.6) is 0 Å². The van der Waals surface area contributed by atoms with E-state index in [1.54, 1.807) is 18.6 Å². The molecule has 0 spiro atoms. The van der Waals surface area contributed by atoms with E-state index in [0.29, 0.717) is 5.69 Å². The average Bonchev–Trinajstić information content (AvgIpc) is 2.20. The van der Waals surface area contributed by atoms with Gasteiger partial charge in [0.2, 0.25) is 0 Å². The summed E-state index contributed by atoms with van der Waals surface area (Å²) in [5, 5.41) is 7.51. The van der Waals surface area contributed by atoms with Crippen LogP contribution in [0.4, 0.5) is 5.69 Å². The zero-order valence-corrected chi connectivity index (χ0v) is 7.81. The number of hydrogen-bond acceptors (Lipinski definition) is 4. The van der Waals surface area contributed by atoms with Crippen LogP contribution in [0.1, 0.15) is 5.69 Å². The number of anilines is 1. The van der Waals surface area contributed by atoms with Crippen molar-refractivity contribution in [2.45, 2.75) is 6.92 Å². The molecule has 0 fully saturated rings. The summed E-state index contributed by atoms with van der Waals surface area (Å²) in [6, 6.07) is 3.85. The third-order valence-corrected chi connectivity index (χ3v) is 2.06. The molecule has 2 aromatic rings. The summed E-state index contributed by atoms with van der Waals surface area (Å²) in [6.45, 7) is 1.94. The highest BCUT2D eigenvalue weighted by atomic mass is 15.1. The molecule has 0 aromatic carbocycles. The molecule has 0 aliphatic rings. The minimum Gasteiger partial charge on any atom is -0.397 e. The van der Waals surface area contributed by atoms with Gasteiger partial charge in [0.05, 0.1) is 18.1 Å². The normalized spacial score (nSPS) is 10.1. The quantitative estimate of drug-likeness (QED) is 0.731. The van der Waals surface area contributed by atoms with Crippen molar-refractivity contribution in [3.63, 3.8) is 0 Å². The number of hydrogen-bond donors (Lipinski definition) is 1. The lowest BCUT2D eigenvalue weighted by molar-refractivity contribution is 1.03. The number of rotatable bonds is 1. The van der Waals surface area contributed by atoms with Crippen LogP contribution in [0.2, 0.25) is 0 Å². The zero-order valence-electron chi connectivity index (χ0n) is 7.81. The fraction of sp³-hybridized carbons (Fsp3) is 0.100. The number of nitrogens with zero attached hydrogens (tertiary/aromatic N) is 3. The number of aromatic nitrogens is 3. The van der Waals surface area contributed by atoms with Gasteiger partial charge in [-0.1, -0.05) is 6.07 Å². The zero-order chi connectivity index (χ0) is 9.97. The van der Waals surface area contributed by atoms with Crippen LogP contribution in [-0.4, -0.2) is 15.2 Å². The maximum Gasteiger partial charge on any atom is 0.0732 e. The van der Waals surface area contributed by atoms with E-state index in [9.17, 15) is 0 Å². The Morgan fingerprint density at radius 1 is 1.14 bits per heavy atom. The van der Waals surface area contributed by atoms with E-state index in [1.807, 2.05) is 19.1 Å². The van der Waals surface area contributed by atoms with Crippen molar-refractivity contribution in [3.05, 3.63) is 36.4 Å². The molecule has 0 atom stereocenters. The van der Waals surface area contributed by atoms with Crippen molar-refractivity contribution >= 4 is 5.69 Å². The Morgan fingerprint density at radius 2 is 1.93 bits per heavy atom. The fourth-order valence-electron chi connectivity index (χ4n) is 1.32. The number of pyridine rings is 1. The number of aryl methyl sites for hydroxylation is 1. The van der Waals surface area contributed by atoms with Crippen LogP contribution in [0.3, 0.4) is 0 Å². The number of nitrogens with two attached hydrogens (primary N) is 1. The first kappa shape index (κ1) is 8.62. The summed E-state index contributed by atoms with van der Waals surface area (Å²) in [6.07, 6.45) is 4.95. The number of nitrogen functional groups attached to an aromatic ring is 1. The lowest BCUT2D eigenvalue weighted by Crippen LogP contribution is -1.95. The Labute approximate surface area is 81.8 Å². The summed E-state index contributed by atoms with van der Waals surface area (Å²) in [4.78, 5) is 4.19. The monoisotopic (exact) mass is 186 g/mol. The summed E-state index contributed by atoms with van der Waals surface area (Å²) < 4.78 is 0. The van der Waals surface area contributed by atoms with Crippen LogP contribution in [0, 0.1) is 6.92 Å². The summed E-state index contributed by atoms with van der Waals surface area (Å²) in [5.74, 6) is 0. The van der Waals surface area contributed by atoms with Gasteiger partial charge in [0, 0.05) is 23.0 Å². The van der Waals surface area contributed by atoms with E-state index in [2.05, 4.69) is 15.2 Å². The van der Waals surface area contributed by atoms with E-state index in [0.717, 1.165) is 16.8 Å². The van der Waals surface area contributed by atoms with Gasteiger partial charge in [0.25, 0.3) is 0 Å². The SMILES string of the molecule is Cc1ncccc1-c1cnncc1N. The molecule has 4 nitrogen and oxygen atoms in total. The highest BCUT2D eigenvalue weighted by molar-refractivity contribution is 5.75. The summed E-state index contributed by atoms with van der Waals surface area (Å²) >= 11 is 0. The lowest BCUT2D eigenvalue weighted by Gasteiger charge is -2.05. The van der Waals surface area contributed by atoms with Crippen molar-refractivity contribution < 1.29 is 0 Å². The summed E-state index contributed by atoms with van der Waals surface area (Å²) in [7, 11) is 0. The van der Waals surface area contributed by atoms with Crippen molar-refractivity contribution in [1.29, 1.82) is 0 Å². The van der Waals surface area contributed by atoms with Gasteiger partial charge < -0.3 is 5.73 Å². The lowest BCUT2D eigenvalue weighted by atomic mass is 10.1. The largest absolute Gasteiger partial charge is 0.397 e. The second kappa shape index (κ2) is 3.41. The van der Waals surface area contributed by atoms with Gasteiger partial charge in [0.15, 0.2) is 0 Å². The predicted octanol–water partition coefficient (Wildman–Crippen LogP) is 1.43. The smallest absolute Gasteiger partial charge is 0.0732 e. The second-order valence-electron chi connectivity index (χ2n) is 2.99. The first-order valence-electron chi connectivity index (χ1n) is 4.27. The van der Waals surface area contributed by atoms with Gasteiger partial charge in [-0.05, 0) is 13.0 Å². The predicted molar refractivity (Wildman–Crippen MR) is 54.4 cm³/mol. The molecule has 0 saturated heterocycles. The molecule has 0 aliphatic carbocycles. The molecule has 0 radical (unpaired) electrons. The van der Waals surface area contributed by atoms with Crippen molar-refractivity contribution in [3.8, 4) is 11.1 Å². The first-order chi connectivity index (χ1) is 6.79. The maximum atomic E-state index is 5.79. The Balaban J connectivity index is 2.61. The van der Waals surface area contributed by atoms with Gasteiger partial charge in [-0.15, -0.1) is 0 Å². The van der Waals surface area contributed by atoms with E-state index in [4.69, 9.17) is 5.73 Å². The van der Waals surface area contributed by atoms with E-state index < -0.39 is 0 Å². The van der Waals surface area contributed by atoms with E-state index >= 15 is 0 Å². The van der Waals surface area contributed by atoms with Crippen LogP contribution in [0.25, 0.3) is 11.1 Å². The average molecular weight is 186 g/mol. The highest BCUT2D eigenvalue weighted by Crippen LogP contribution is 2.25. The van der Waals surface area contributed by atoms with Crippen LogP contribution < -0.4 is 5.73 Å². The van der Waals surface area contributed by atoms with Gasteiger partial charge >= 0.3 is 0 Å². The highest BCUT2D eigenvalue weighted by Gasteiger charge is 2.05. The van der Waals surface area contributed by atoms with Crippen LogP contribution >= 0.6 is 0 Å². The molecule has 14 heavy (non-hydrogen) atoms. The molecule has 2 aromatic heterocycles. The van der Waals surface area contributed by atoms with E-state index in [-0.39, 0.29) is 0 Å². The Kier molecular flexibility index (Phi) is 2.10. The van der Waals surface area contributed by atoms with Crippen molar-refractivity contribution in [2.24, 2.45) is 0 Å². The van der Waals surface area contributed by atoms with Crippen molar-refractivity contribution in [1.82, 2.24) is 15.2 Å². The van der Waals surface area contributed by atoms with Crippen LogP contribution in [0.15, 0.2) is 30.7 Å². The first-order valence-corrected chi connectivity index (χ1v) is 4.27. The minimum absolute atomic E-state index is 0.621. The van der Waals surface area contributed by atoms with E-state index in [1.165, 1.54) is 0 Å². The van der Waals surface area contributed by atoms with Gasteiger partial charge in [-0.3, -0.25) is 4.98 Å². The molecule has 0 saturated carbocycles. The third-order valence-electron chi connectivity index (χ3n) is 2.06. The molecule has 0 amide bonds. The molecule has 2 N–H and O–H groups in total. The maximum absolute atomic E-state index is 5.79. The molecule has 0 bridgehead atoms. The topological polar surface area (TPSA) is 64.7 Å². The van der Waals surface area contributed by atoms with Gasteiger partial charge in [0.1, 0.15) is 0 Å².